The van der Waals surface area contributed by atoms with Gasteiger partial charge < -0.3 is 9.80 Å². The Bertz CT molecular complexity index is 483. The summed E-state index contributed by atoms with van der Waals surface area (Å²) < 4.78 is 0. The summed E-state index contributed by atoms with van der Waals surface area (Å²) in [5.74, 6) is 1.03. The zero-order valence-electron chi connectivity index (χ0n) is 14.0. The number of nitrogens with zero attached hydrogens (tertiary/aromatic N) is 4. The topological polar surface area (TPSA) is 22.1 Å². The summed E-state index contributed by atoms with van der Waals surface area (Å²) in [5, 5.41) is 0. The SMILES string of the molecule is CC(CN=C(N(C)C)N(C)C)N1CCc2ccccc2C1. The van der Waals surface area contributed by atoms with Crippen molar-refractivity contribution in [1.29, 1.82) is 0 Å². The molecule has 1 unspecified atom stereocenters. The lowest BCUT2D eigenvalue weighted by Gasteiger charge is -2.33. The standard InChI is InChI=1S/C17H28N4/c1-14(12-18-17(19(2)3)20(4)5)21-11-10-15-8-6-7-9-16(15)13-21/h6-9,14H,10-13H2,1-5H3. The number of guanidine groups is 1. The Kier molecular flexibility index (Phi) is 5.23. The molecule has 1 aromatic carbocycles. The van der Waals surface area contributed by atoms with Crippen LogP contribution < -0.4 is 0 Å². The molecule has 1 aliphatic heterocycles. The van der Waals surface area contributed by atoms with Crippen molar-refractivity contribution in [2.45, 2.75) is 25.9 Å². The van der Waals surface area contributed by atoms with E-state index >= 15 is 0 Å². The van der Waals surface area contributed by atoms with E-state index in [2.05, 4.69) is 45.9 Å². The average molecular weight is 288 g/mol. The zero-order chi connectivity index (χ0) is 15.4. The van der Waals surface area contributed by atoms with Crippen molar-refractivity contribution in [2.75, 3.05) is 41.3 Å². The van der Waals surface area contributed by atoms with Gasteiger partial charge in [-0.15, -0.1) is 0 Å². The number of hydrogen-bond acceptors (Lipinski definition) is 2. The molecule has 0 fully saturated rings. The second-order valence-electron chi connectivity index (χ2n) is 6.27. The lowest BCUT2D eigenvalue weighted by Crippen LogP contribution is -2.41. The molecule has 0 radical (unpaired) electrons. The minimum atomic E-state index is 0.466. The highest BCUT2D eigenvalue weighted by atomic mass is 15.3. The molecule has 0 bridgehead atoms. The van der Waals surface area contributed by atoms with Crippen LogP contribution in [0.5, 0.6) is 0 Å². The Morgan fingerprint density at radius 2 is 1.76 bits per heavy atom. The Labute approximate surface area is 129 Å². The van der Waals surface area contributed by atoms with Gasteiger partial charge >= 0.3 is 0 Å². The highest BCUT2D eigenvalue weighted by molar-refractivity contribution is 5.79. The van der Waals surface area contributed by atoms with E-state index in [-0.39, 0.29) is 0 Å². The fraction of sp³-hybridized carbons (Fsp3) is 0.588. The smallest absolute Gasteiger partial charge is 0.195 e. The largest absolute Gasteiger partial charge is 0.349 e. The van der Waals surface area contributed by atoms with Gasteiger partial charge in [0, 0.05) is 47.3 Å². The van der Waals surface area contributed by atoms with Gasteiger partial charge in [-0.05, 0) is 24.5 Å². The molecule has 1 aliphatic rings. The van der Waals surface area contributed by atoms with Gasteiger partial charge in [0.15, 0.2) is 5.96 Å². The van der Waals surface area contributed by atoms with E-state index in [9.17, 15) is 0 Å². The molecule has 0 aliphatic carbocycles. The molecule has 4 nitrogen and oxygen atoms in total. The van der Waals surface area contributed by atoms with E-state index in [1.54, 1.807) is 0 Å². The molecule has 0 spiro atoms. The maximum Gasteiger partial charge on any atom is 0.195 e. The molecule has 1 atom stereocenters. The minimum absolute atomic E-state index is 0.466. The van der Waals surface area contributed by atoms with Crippen LogP contribution in [0.4, 0.5) is 0 Å². The third-order valence-corrected chi connectivity index (χ3v) is 4.08. The maximum atomic E-state index is 4.78. The van der Waals surface area contributed by atoms with Crippen molar-refractivity contribution in [3.8, 4) is 0 Å². The van der Waals surface area contributed by atoms with Gasteiger partial charge in [0.2, 0.25) is 0 Å². The Morgan fingerprint density at radius 1 is 1.14 bits per heavy atom. The van der Waals surface area contributed by atoms with Crippen LogP contribution in [-0.2, 0) is 13.0 Å². The Morgan fingerprint density at radius 3 is 2.38 bits per heavy atom. The molecular weight excluding hydrogens is 260 g/mol. The van der Waals surface area contributed by atoms with Crippen LogP contribution in [-0.4, -0.2) is 68.0 Å². The molecule has 0 amide bonds. The molecule has 0 aromatic heterocycles. The predicted molar refractivity (Wildman–Crippen MR) is 89.7 cm³/mol. The van der Waals surface area contributed by atoms with Gasteiger partial charge in [-0.2, -0.15) is 0 Å². The summed E-state index contributed by atoms with van der Waals surface area (Å²) in [6.45, 7) is 5.30. The van der Waals surface area contributed by atoms with Crippen molar-refractivity contribution >= 4 is 5.96 Å². The van der Waals surface area contributed by atoms with E-state index in [4.69, 9.17) is 4.99 Å². The van der Waals surface area contributed by atoms with Crippen LogP contribution in [0.15, 0.2) is 29.3 Å². The minimum Gasteiger partial charge on any atom is -0.349 e. The van der Waals surface area contributed by atoms with E-state index in [1.807, 2.05) is 28.2 Å². The van der Waals surface area contributed by atoms with Gasteiger partial charge in [0.05, 0.1) is 6.54 Å². The molecule has 4 heteroatoms. The van der Waals surface area contributed by atoms with Gasteiger partial charge in [0.25, 0.3) is 0 Å². The highest BCUT2D eigenvalue weighted by Crippen LogP contribution is 2.20. The molecule has 1 aromatic rings. The van der Waals surface area contributed by atoms with E-state index < -0.39 is 0 Å². The maximum absolute atomic E-state index is 4.78. The van der Waals surface area contributed by atoms with Crippen LogP contribution >= 0.6 is 0 Å². The lowest BCUT2D eigenvalue weighted by atomic mass is 9.99. The number of fused-ring (bicyclic) bond motifs is 1. The number of benzene rings is 1. The summed E-state index contributed by atoms with van der Waals surface area (Å²) in [6.07, 6.45) is 1.15. The molecular formula is C17H28N4. The fourth-order valence-electron chi connectivity index (χ4n) is 2.91. The molecule has 0 N–H and O–H groups in total. The monoisotopic (exact) mass is 288 g/mol. The van der Waals surface area contributed by atoms with E-state index in [0.717, 1.165) is 32.0 Å². The number of rotatable bonds is 3. The normalized spacial score (nSPS) is 16.0. The van der Waals surface area contributed by atoms with Crippen LogP contribution in [0.25, 0.3) is 0 Å². The zero-order valence-corrected chi connectivity index (χ0v) is 14.0. The molecule has 21 heavy (non-hydrogen) atoms. The van der Waals surface area contributed by atoms with Gasteiger partial charge in [0.1, 0.15) is 0 Å². The summed E-state index contributed by atoms with van der Waals surface area (Å²) in [4.78, 5) is 11.5. The first kappa shape index (κ1) is 15.8. The molecule has 0 saturated carbocycles. The van der Waals surface area contributed by atoms with Gasteiger partial charge in [-0.25, -0.2) is 0 Å². The van der Waals surface area contributed by atoms with Crippen molar-refractivity contribution < 1.29 is 0 Å². The highest BCUT2D eigenvalue weighted by Gasteiger charge is 2.20. The third-order valence-electron chi connectivity index (χ3n) is 4.08. The van der Waals surface area contributed by atoms with Gasteiger partial charge in [-0.3, -0.25) is 9.89 Å². The van der Waals surface area contributed by atoms with E-state index in [1.165, 1.54) is 11.1 Å². The van der Waals surface area contributed by atoms with Crippen molar-refractivity contribution in [1.82, 2.24) is 14.7 Å². The second-order valence-corrected chi connectivity index (χ2v) is 6.27. The third kappa shape index (κ3) is 3.97. The first-order chi connectivity index (χ1) is 9.99. The molecule has 116 valence electrons. The van der Waals surface area contributed by atoms with Crippen LogP contribution in [0, 0.1) is 0 Å². The van der Waals surface area contributed by atoms with Crippen molar-refractivity contribution in [3.05, 3.63) is 35.4 Å². The Hall–Kier alpha value is -1.55. The second kappa shape index (κ2) is 6.94. The molecule has 2 rings (SSSR count). The average Bonchev–Trinajstić information content (AvgIpc) is 2.46. The Balaban J connectivity index is 1.99. The van der Waals surface area contributed by atoms with Crippen LogP contribution in [0.3, 0.4) is 0 Å². The molecule has 1 heterocycles. The van der Waals surface area contributed by atoms with Crippen LogP contribution in [0.2, 0.25) is 0 Å². The lowest BCUT2D eigenvalue weighted by molar-refractivity contribution is 0.195. The first-order valence-electron chi connectivity index (χ1n) is 7.69. The number of hydrogen-bond donors (Lipinski definition) is 0. The predicted octanol–water partition coefficient (Wildman–Crippen LogP) is 1.91. The quantitative estimate of drug-likeness (QED) is 0.626. The summed E-state index contributed by atoms with van der Waals surface area (Å²) in [7, 11) is 8.17. The van der Waals surface area contributed by atoms with Gasteiger partial charge in [-0.1, -0.05) is 24.3 Å². The summed E-state index contributed by atoms with van der Waals surface area (Å²) >= 11 is 0. The van der Waals surface area contributed by atoms with Crippen molar-refractivity contribution in [3.63, 3.8) is 0 Å². The first-order valence-corrected chi connectivity index (χ1v) is 7.69. The van der Waals surface area contributed by atoms with E-state index in [0.29, 0.717) is 6.04 Å². The van der Waals surface area contributed by atoms with Crippen molar-refractivity contribution in [2.24, 2.45) is 4.99 Å². The van der Waals surface area contributed by atoms with Crippen LogP contribution in [0.1, 0.15) is 18.1 Å². The fourth-order valence-corrected chi connectivity index (χ4v) is 2.91. The molecule has 0 saturated heterocycles. The summed E-state index contributed by atoms with van der Waals surface area (Å²) in [6, 6.07) is 9.26. The number of aliphatic imine (C=N–C) groups is 1. The summed E-state index contributed by atoms with van der Waals surface area (Å²) in [5.41, 5.74) is 2.98.